The van der Waals surface area contributed by atoms with E-state index in [-0.39, 0.29) is 30.6 Å². The van der Waals surface area contributed by atoms with E-state index < -0.39 is 76.3 Å². The lowest BCUT2D eigenvalue weighted by Crippen LogP contribution is -2.57. The number of thioether (sulfide) groups is 1. The van der Waals surface area contributed by atoms with Gasteiger partial charge in [-0.15, -0.1) is 16.9 Å². The molecule has 230 valence electrons. The van der Waals surface area contributed by atoms with Gasteiger partial charge in [-0.25, -0.2) is 22.2 Å². The number of ether oxygens (including phenoxy) is 1. The van der Waals surface area contributed by atoms with Gasteiger partial charge in [0.2, 0.25) is 5.91 Å². The molecule has 3 rings (SSSR count). The fraction of sp³-hybridized carbons (Fsp3) is 0.654. The zero-order valence-electron chi connectivity index (χ0n) is 23.3. The molecule has 1 aromatic carbocycles. The van der Waals surface area contributed by atoms with Crippen LogP contribution >= 0.6 is 11.8 Å². The topological polar surface area (TPSA) is 141 Å². The van der Waals surface area contributed by atoms with E-state index in [1.165, 1.54) is 27.1 Å². The van der Waals surface area contributed by atoms with Crippen molar-refractivity contribution in [2.75, 3.05) is 20.2 Å². The second-order valence-corrected chi connectivity index (χ2v) is 12.0. The van der Waals surface area contributed by atoms with Crippen LogP contribution in [0.4, 0.5) is 17.6 Å². The fourth-order valence-electron chi connectivity index (χ4n) is 4.76. The molecule has 0 saturated carbocycles. The average Bonchev–Trinajstić information content (AvgIpc) is 3.39. The van der Waals surface area contributed by atoms with E-state index in [0.717, 1.165) is 21.3 Å². The smallest absolute Gasteiger partial charge is 0.238 e. The molecule has 1 aromatic heterocycles. The molecule has 2 heterocycles. The average molecular weight is 609 g/mol. The van der Waals surface area contributed by atoms with Crippen molar-refractivity contribution in [2.24, 2.45) is 0 Å². The molecule has 4 N–H and O–H groups in total. The minimum absolute atomic E-state index is 0.103. The molecular weight excluding hydrogens is 572 g/mol. The van der Waals surface area contributed by atoms with Gasteiger partial charge in [0.15, 0.2) is 17.5 Å². The Labute approximate surface area is 239 Å². The first-order valence-electron chi connectivity index (χ1n) is 13.1. The third kappa shape index (κ3) is 7.20. The molecule has 1 amide bonds. The number of carbonyl (C=O) groups is 1. The summed E-state index contributed by atoms with van der Waals surface area (Å²) >= 11 is 0.760. The maximum Gasteiger partial charge on any atom is 0.238 e. The van der Waals surface area contributed by atoms with E-state index in [0.29, 0.717) is 12.1 Å². The summed E-state index contributed by atoms with van der Waals surface area (Å²) in [5, 5.41) is 49.9. The number of rotatable bonds is 11. The normalized spacial score (nSPS) is 24.4. The number of alkyl halides is 1. The van der Waals surface area contributed by atoms with E-state index in [4.69, 9.17) is 4.74 Å². The van der Waals surface area contributed by atoms with Crippen molar-refractivity contribution in [2.45, 2.75) is 86.8 Å². The quantitative estimate of drug-likeness (QED) is 0.223. The van der Waals surface area contributed by atoms with Crippen LogP contribution in [0, 0.1) is 17.5 Å². The SMILES string of the molecule is CCC(O)(CC)[C@H](S[C@@H]1O[C@H](CO)[C@H](O)[C@H](n2cc(-c3cc(F)c(F)c(F)c3)nn2)[C@H]1O)C(=O)N(C)CC(C)(C)F. The highest BCUT2D eigenvalue weighted by Gasteiger charge is 2.50. The third-order valence-electron chi connectivity index (χ3n) is 7.14. The molecule has 1 saturated heterocycles. The number of benzene rings is 1. The first kappa shape index (κ1) is 33.2. The summed E-state index contributed by atoms with van der Waals surface area (Å²) in [5.74, 6) is -5.18. The first-order chi connectivity index (χ1) is 19.1. The van der Waals surface area contributed by atoms with Crippen LogP contribution in [0.3, 0.4) is 0 Å². The zero-order valence-corrected chi connectivity index (χ0v) is 24.2. The Morgan fingerprint density at radius 3 is 2.27 bits per heavy atom. The number of amides is 1. The molecule has 41 heavy (non-hydrogen) atoms. The minimum atomic E-state index is -1.73. The lowest BCUT2D eigenvalue weighted by atomic mass is 9.92. The second-order valence-electron chi connectivity index (χ2n) is 10.8. The lowest BCUT2D eigenvalue weighted by Gasteiger charge is -2.44. The summed E-state index contributed by atoms with van der Waals surface area (Å²) in [6, 6.07) is 0.0885. The molecule has 0 aliphatic carbocycles. The molecular formula is C26H36F4N4O6S. The van der Waals surface area contributed by atoms with Crippen molar-refractivity contribution in [3.8, 4) is 11.3 Å². The van der Waals surface area contributed by atoms with Gasteiger partial charge in [0.1, 0.15) is 46.4 Å². The molecule has 0 radical (unpaired) electrons. The Kier molecular flexibility index (Phi) is 10.5. The van der Waals surface area contributed by atoms with Crippen LogP contribution in [-0.2, 0) is 9.53 Å². The monoisotopic (exact) mass is 608 g/mol. The predicted octanol–water partition coefficient (Wildman–Crippen LogP) is 2.20. The van der Waals surface area contributed by atoms with Crippen LogP contribution in [0.1, 0.15) is 46.6 Å². The standard InChI is InChI=1S/C26H36F4N4O6S/c1-6-26(39,7-2)22(23(38)33(5)12-25(3,4)30)41-24-21(37)19(20(36)17(11-35)40-24)34-10-16(31-32-34)13-8-14(27)18(29)15(28)9-13/h8-10,17,19-22,24,35-37,39H,6-7,11-12H2,1-5H3/t17-,19+,20+,21-,22-,24+/m1/s1. The Morgan fingerprint density at radius 1 is 1.17 bits per heavy atom. The van der Waals surface area contributed by atoms with Gasteiger partial charge in [-0.3, -0.25) is 4.79 Å². The summed E-state index contributed by atoms with van der Waals surface area (Å²) in [6.45, 7) is 4.98. The Bertz CT molecular complexity index is 1190. The Morgan fingerprint density at radius 2 is 1.76 bits per heavy atom. The number of hydrogen-bond donors (Lipinski definition) is 4. The predicted molar refractivity (Wildman–Crippen MR) is 142 cm³/mol. The van der Waals surface area contributed by atoms with E-state index in [1.54, 1.807) is 13.8 Å². The number of nitrogens with zero attached hydrogens (tertiary/aromatic N) is 4. The van der Waals surface area contributed by atoms with Gasteiger partial charge in [0, 0.05) is 12.6 Å². The third-order valence-corrected chi connectivity index (χ3v) is 8.71. The van der Waals surface area contributed by atoms with Gasteiger partial charge >= 0.3 is 0 Å². The molecule has 1 aliphatic rings. The van der Waals surface area contributed by atoms with Crippen LogP contribution in [0.15, 0.2) is 18.3 Å². The van der Waals surface area contributed by atoms with Gasteiger partial charge < -0.3 is 30.1 Å². The maximum absolute atomic E-state index is 14.4. The summed E-state index contributed by atoms with van der Waals surface area (Å²) in [5.41, 5.74) is -4.88. The van der Waals surface area contributed by atoms with Gasteiger partial charge in [-0.2, -0.15) is 0 Å². The summed E-state index contributed by atoms with van der Waals surface area (Å²) < 4.78 is 62.1. The van der Waals surface area contributed by atoms with Crippen LogP contribution in [0.2, 0.25) is 0 Å². The number of hydrogen-bond acceptors (Lipinski definition) is 9. The van der Waals surface area contributed by atoms with Crippen molar-refractivity contribution in [3.05, 3.63) is 35.8 Å². The highest BCUT2D eigenvalue weighted by Crippen LogP contribution is 2.41. The van der Waals surface area contributed by atoms with Crippen LogP contribution < -0.4 is 0 Å². The molecule has 1 fully saturated rings. The molecule has 0 unspecified atom stereocenters. The highest BCUT2D eigenvalue weighted by molar-refractivity contribution is 8.01. The number of carbonyl (C=O) groups excluding carboxylic acids is 1. The molecule has 15 heteroatoms. The van der Waals surface area contributed by atoms with Crippen molar-refractivity contribution in [1.82, 2.24) is 19.9 Å². The van der Waals surface area contributed by atoms with Crippen molar-refractivity contribution in [3.63, 3.8) is 0 Å². The van der Waals surface area contributed by atoms with Gasteiger partial charge in [0.25, 0.3) is 0 Å². The first-order valence-corrected chi connectivity index (χ1v) is 14.0. The molecule has 1 aliphatic heterocycles. The maximum atomic E-state index is 14.4. The van der Waals surface area contributed by atoms with Crippen LogP contribution in [0.5, 0.6) is 0 Å². The number of halogens is 4. The van der Waals surface area contributed by atoms with Crippen molar-refractivity contribution >= 4 is 17.7 Å². The number of aliphatic hydroxyl groups is 4. The lowest BCUT2D eigenvalue weighted by molar-refractivity contribution is -0.179. The molecule has 2 aromatic rings. The van der Waals surface area contributed by atoms with E-state index >= 15 is 0 Å². The summed E-state index contributed by atoms with van der Waals surface area (Å²) in [4.78, 5) is 14.6. The molecule has 0 bridgehead atoms. The van der Waals surface area contributed by atoms with Gasteiger partial charge in [0.05, 0.1) is 24.9 Å². The van der Waals surface area contributed by atoms with E-state index in [1.807, 2.05) is 0 Å². The molecule has 10 nitrogen and oxygen atoms in total. The second kappa shape index (κ2) is 12.9. The van der Waals surface area contributed by atoms with E-state index in [9.17, 15) is 42.8 Å². The van der Waals surface area contributed by atoms with Crippen molar-refractivity contribution in [1.29, 1.82) is 0 Å². The number of aromatic nitrogens is 3. The zero-order chi connectivity index (χ0) is 30.9. The largest absolute Gasteiger partial charge is 0.394 e. The minimum Gasteiger partial charge on any atom is -0.394 e. The molecule has 0 spiro atoms. The van der Waals surface area contributed by atoms with Crippen molar-refractivity contribution < 1.29 is 47.5 Å². The summed E-state index contributed by atoms with van der Waals surface area (Å²) in [6.07, 6.45) is -3.00. The Balaban J connectivity index is 1.96. The molecule has 6 atom stereocenters. The fourth-order valence-corrected chi connectivity index (χ4v) is 6.44. The van der Waals surface area contributed by atoms with Gasteiger partial charge in [-0.1, -0.05) is 19.1 Å². The highest BCUT2D eigenvalue weighted by atomic mass is 32.2. The van der Waals surface area contributed by atoms with Crippen LogP contribution in [-0.4, -0.2) is 107 Å². The van der Waals surface area contributed by atoms with Gasteiger partial charge in [-0.05, 0) is 38.8 Å². The summed E-state index contributed by atoms with van der Waals surface area (Å²) in [7, 11) is 1.39. The van der Waals surface area contributed by atoms with Crippen LogP contribution in [0.25, 0.3) is 11.3 Å². The Hall–Kier alpha value is -2.30. The number of aliphatic hydroxyl groups excluding tert-OH is 3. The van der Waals surface area contributed by atoms with E-state index in [2.05, 4.69) is 10.3 Å².